The molecule has 2 aromatic carbocycles. The van der Waals surface area contributed by atoms with E-state index in [0.29, 0.717) is 18.7 Å². The first-order valence-corrected chi connectivity index (χ1v) is 9.87. The van der Waals surface area contributed by atoms with E-state index >= 15 is 0 Å². The van der Waals surface area contributed by atoms with Gasteiger partial charge in [0.15, 0.2) is 0 Å². The highest BCUT2D eigenvalue weighted by atomic mass is 32.2. The molecule has 0 unspecified atom stereocenters. The molecule has 1 aliphatic rings. The Morgan fingerprint density at radius 2 is 1.92 bits per heavy atom. The third-order valence-electron chi connectivity index (χ3n) is 4.10. The normalized spacial score (nSPS) is 15.8. The molecule has 3 rings (SSSR count). The molecule has 0 fully saturated rings. The van der Waals surface area contributed by atoms with Gasteiger partial charge in [0.25, 0.3) is 10.0 Å². The number of benzene rings is 2. The number of nitrogens with zero attached hydrogens (tertiary/aromatic N) is 2. The molecule has 0 aliphatic carbocycles. The Bertz CT molecular complexity index is 872. The average Bonchev–Trinajstić information content (AvgIpc) is 2.90. The van der Waals surface area contributed by atoms with Crippen molar-refractivity contribution in [3.8, 4) is 0 Å². The molecule has 0 saturated heterocycles. The van der Waals surface area contributed by atoms with Crippen molar-refractivity contribution in [2.75, 3.05) is 10.7 Å². The van der Waals surface area contributed by atoms with Crippen molar-refractivity contribution in [3.05, 3.63) is 59.7 Å². The molecule has 0 aromatic heterocycles. The fourth-order valence-electron chi connectivity index (χ4n) is 2.93. The summed E-state index contributed by atoms with van der Waals surface area (Å²) in [6.45, 7) is 4.01. The minimum atomic E-state index is -3.45. The van der Waals surface area contributed by atoms with Gasteiger partial charge in [0.2, 0.25) is 0 Å². The zero-order valence-corrected chi connectivity index (χ0v) is 14.9. The second-order valence-corrected chi connectivity index (χ2v) is 7.88. The Balaban J connectivity index is 2.06. The standard InChI is InChI=1S/C19H22N2O2S/c1-3-4-12-24(22,23)20-19-14-16-9-5-6-11-18(16)21(19)17-10-7-8-15(2)13-17/h5-11,13H,3-4,12,14H2,1-2H3. The molecule has 0 saturated carbocycles. The van der Waals surface area contributed by atoms with Crippen LogP contribution in [0.25, 0.3) is 0 Å². The van der Waals surface area contributed by atoms with Crippen molar-refractivity contribution in [3.63, 3.8) is 0 Å². The van der Waals surface area contributed by atoms with E-state index in [0.717, 1.165) is 28.9 Å². The number of aryl methyl sites for hydroxylation is 1. The number of sulfonamides is 1. The molecule has 0 N–H and O–H groups in total. The molecule has 1 aliphatic heterocycles. The van der Waals surface area contributed by atoms with E-state index in [2.05, 4.69) is 10.5 Å². The molecule has 0 amide bonds. The second-order valence-electron chi connectivity index (χ2n) is 6.13. The van der Waals surface area contributed by atoms with Crippen LogP contribution in [0.4, 0.5) is 11.4 Å². The average molecular weight is 342 g/mol. The maximum atomic E-state index is 12.3. The van der Waals surface area contributed by atoms with Crippen LogP contribution in [0.1, 0.15) is 30.9 Å². The van der Waals surface area contributed by atoms with E-state index in [1.807, 2.05) is 61.2 Å². The minimum absolute atomic E-state index is 0.102. The lowest BCUT2D eigenvalue weighted by Crippen LogP contribution is -2.23. The minimum Gasteiger partial charge on any atom is -0.297 e. The third kappa shape index (κ3) is 3.51. The lowest BCUT2D eigenvalue weighted by Gasteiger charge is -2.21. The largest absolute Gasteiger partial charge is 0.297 e. The number of hydrogen-bond donors (Lipinski definition) is 0. The molecular formula is C19H22N2O2S. The molecule has 0 radical (unpaired) electrons. The van der Waals surface area contributed by atoms with Gasteiger partial charge >= 0.3 is 0 Å². The molecular weight excluding hydrogens is 320 g/mol. The molecule has 0 spiro atoms. The van der Waals surface area contributed by atoms with E-state index in [-0.39, 0.29) is 5.75 Å². The second kappa shape index (κ2) is 6.77. The lowest BCUT2D eigenvalue weighted by atomic mass is 10.1. The van der Waals surface area contributed by atoms with E-state index in [1.54, 1.807) is 0 Å². The quantitative estimate of drug-likeness (QED) is 0.817. The number of rotatable bonds is 5. The topological polar surface area (TPSA) is 49.7 Å². The van der Waals surface area contributed by atoms with Crippen LogP contribution < -0.4 is 4.90 Å². The summed E-state index contributed by atoms with van der Waals surface area (Å²) < 4.78 is 28.8. The van der Waals surface area contributed by atoms with E-state index in [9.17, 15) is 8.42 Å². The first kappa shape index (κ1) is 16.7. The third-order valence-corrected chi connectivity index (χ3v) is 5.39. The number of fused-ring (bicyclic) bond motifs is 1. The smallest absolute Gasteiger partial charge is 0.254 e. The zero-order valence-electron chi connectivity index (χ0n) is 14.1. The predicted molar refractivity (Wildman–Crippen MR) is 99.6 cm³/mol. The maximum Gasteiger partial charge on any atom is 0.254 e. The van der Waals surface area contributed by atoms with E-state index in [4.69, 9.17) is 0 Å². The van der Waals surface area contributed by atoms with Crippen molar-refractivity contribution in [1.82, 2.24) is 0 Å². The number of anilines is 2. The number of unbranched alkanes of at least 4 members (excludes halogenated alkanes) is 1. The highest BCUT2D eigenvalue weighted by Crippen LogP contribution is 2.36. The van der Waals surface area contributed by atoms with Gasteiger partial charge in [-0.25, -0.2) is 8.42 Å². The van der Waals surface area contributed by atoms with Gasteiger partial charge in [0, 0.05) is 12.1 Å². The van der Waals surface area contributed by atoms with Crippen molar-refractivity contribution in [2.45, 2.75) is 33.1 Å². The summed E-state index contributed by atoms with van der Waals surface area (Å²) >= 11 is 0. The summed E-state index contributed by atoms with van der Waals surface area (Å²) in [6, 6.07) is 16.0. The van der Waals surface area contributed by atoms with Gasteiger partial charge in [-0.05, 0) is 42.7 Å². The Kier molecular flexibility index (Phi) is 4.71. The fraction of sp³-hybridized carbons (Fsp3) is 0.316. The summed E-state index contributed by atoms with van der Waals surface area (Å²) in [5.41, 5.74) is 4.19. The Morgan fingerprint density at radius 3 is 2.67 bits per heavy atom. The first-order chi connectivity index (χ1) is 11.5. The Morgan fingerprint density at radius 1 is 1.12 bits per heavy atom. The van der Waals surface area contributed by atoms with Crippen LogP contribution in [0.5, 0.6) is 0 Å². The molecule has 2 aromatic rings. The molecule has 24 heavy (non-hydrogen) atoms. The van der Waals surface area contributed by atoms with Gasteiger partial charge in [-0.1, -0.05) is 43.7 Å². The highest BCUT2D eigenvalue weighted by molar-refractivity contribution is 7.90. The summed E-state index contributed by atoms with van der Waals surface area (Å²) in [6.07, 6.45) is 2.01. The van der Waals surface area contributed by atoms with Crippen LogP contribution in [-0.4, -0.2) is 20.0 Å². The molecule has 4 nitrogen and oxygen atoms in total. The monoisotopic (exact) mass is 342 g/mol. The van der Waals surface area contributed by atoms with Gasteiger partial charge in [-0.2, -0.15) is 0 Å². The summed E-state index contributed by atoms with van der Waals surface area (Å²) in [5.74, 6) is 0.684. The van der Waals surface area contributed by atoms with Crippen molar-refractivity contribution < 1.29 is 8.42 Å². The van der Waals surface area contributed by atoms with Crippen LogP contribution in [0.3, 0.4) is 0 Å². The van der Waals surface area contributed by atoms with E-state index < -0.39 is 10.0 Å². The van der Waals surface area contributed by atoms with Crippen molar-refractivity contribution >= 4 is 27.2 Å². The zero-order chi connectivity index (χ0) is 17.2. The van der Waals surface area contributed by atoms with Crippen LogP contribution in [0.15, 0.2) is 52.9 Å². The number of para-hydroxylation sites is 1. The predicted octanol–water partition coefficient (Wildman–Crippen LogP) is 4.22. The molecule has 126 valence electrons. The Hall–Kier alpha value is -2.14. The van der Waals surface area contributed by atoms with E-state index in [1.165, 1.54) is 0 Å². The molecule has 0 bridgehead atoms. The number of amidine groups is 1. The highest BCUT2D eigenvalue weighted by Gasteiger charge is 2.28. The maximum absolute atomic E-state index is 12.3. The lowest BCUT2D eigenvalue weighted by molar-refractivity contribution is 0.594. The SMILES string of the molecule is CCCCS(=O)(=O)N=C1Cc2ccccc2N1c1cccc(C)c1. The molecule has 0 atom stereocenters. The van der Waals surface area contributed by atoms with Crippen LogP contribution >= 0.6 is 0 Å². The van der Waals surface area contributed by atoms with Gasteiger partial charge < -0.3 is 0 Å². The van der Waals surface area contributed by atoms with Crippen molar-refractivity contribution in [1.29, 1.82) is 0 Å². The first-order valence-electron chi connectivity index (χ1n) is 8.26. The van der Waals surface area contributed by atoms with Gasteiger partial charge in [0.05, 0.1) is 11.4 Å². The summed E-state index contributed by atoms with van der Waals surface area (Å²) in [5, 5.41) is 0. The number of hydrogen-bond acceptors (Lipinski definition) is 2. The molecule has 1 heterocycles. The van der Waals surface area contributed by atoms with Crippen LogP contribution in [-0.2, 0) is 16.4 Å². The van der Waals surface area contributed by atoms with Crippen molar-refractivity contribution in [2.24, 2.45) is 4.40 Å². The van der Waals surface area contributed by atoms with Gasteiger partial charge in [-0.3, -0.25) is 4.90 Å². The van der Waals surface area contributed by atoms with Gasteiger partial charge in [-0.15, -0.1) is 4.40 Å². The summed E-state index contributed by atoms with van der Waals surface area (Å²) in [7, 11) is -3.45. The Labute approximate surface area is 143 Å². The van der Waals surface area contributed by atoms with Crippen LogP contribution in [0, 0.1) is 6.92 Å². The van der Waals surface area contributed by atoms with Gasteiger partial charge in [0.1, 0.15) is 5.84 Å². The van der Waals surface area contributed by atoms with Crippen LogP contribution in [0.2, 0.25) is 0 Å². The molecule has 5 heteroatoms. The summed E-state index contributed by atoms with van der Waals surface area (Å²) in [4.78, 5) is 1.96. The fourth-order valence-corrected chi connectivity index (χ4v) is 4.14.